The van der Waals surface area contributed by atoms with Gasteiger partial charge in [-0.25, -0.2) is 12.7 Å². The lowest BCUT2D eigenvalue weighted by Gasteiger charge is -2.36. The molecule has 0 amide bonds. The van der Waals surface area contributed by atoms with Crippen molar-refractivity contribution in [2.24, 2.45) is 0 Å². The first-order valence-electron chi connectivity index (χ1n) is 7.36. The zero-order chi connectivity index (χ0) is 16.3. The number of aliphatic hydroxyl groups is 1. The minimum atomic E-state index is -3.09. The second-order valence-corrected chi connectivity index (χ2v) is 8.32. The second-order valence-electron chi connectivity index (χ2n) is 5.90. The summed E-state index contributed by atoms with van der Waals surface area (Å²) in [5.41, 5.74) is 0.838. The molecule has 1 aliphatic rings. The number of rotatable bonds is 5. The SMILES string of the molecule is CN(CC(O)c1ccc(Cl)cc1)C1CCN(S(C)(=O)=O)CC1. The number of aliphatic hydroxyl groups excluding tert-OH is 1. The van der Waals surface area contributed by atoms with Crippen LogP contribution >= 0.6 is 11.6 Å². The first-order valence-corrected chi connectivity index (χ1v) is 9.59. The van der Waals surface area contributed by atoms with Gasteiger partial charge in [-0.3, -0.25) is 0 Å². The Kier molecular flexibility index (Phi) is 5.85. The van der Waals surface area contributed by atoms with E-state index in [1.807, 2.05) is 19.2 Å². The Labute approximate surface area is 137 Å². The van der Waals surface area contributed by atoms with E-state index in [-0.39, 0.29) is 0 Å². The van der Waals surface area contributed by atoms with E-state index in [0.717, 1.165) is 18.4 Å². The maximum atomic E-state index is 11.5. The molecule has 1 N–H and O–H groups in total. The fourth-order valence-corrected chi connectivity index (χ4v) is 3.83. The largest absolute Gasteiger partial charge is 0.387 e. The average Bonchev–Trinajstić information content (AvgIpc) is 2.47. The van der Waals surface area contributed by atoms with Crippen molar-refractivity contribution >= 4 is 21.6 Å². The maximum Gasteiger partial charge on any atom is 0.211 e. The summed E-state index contributed by atoms with van der Waals surface area (Å²) >= 11 is 5.85. The minimum absolute atomic E-state index is 0.292. The molecule has 1 aliphatic heterocycles. The molecule has 1 unspecified atom stereocenters. The molecular formula is C15H23ClN2O3S. The van der Waals surface area contributed by atoms with Gasteiger partial charge < -0.3 is 10.0 Å². The van der Waals surface area contributed by atoms with E-state index in [2.05, 4.69) is 4.90 Å². The third-order valence-electron chi connectivity index (χ3n) is 4.23. The zero-order valence-electron chi connectivity index (χ0n) is 12.9. The second kappa shape index (κ2) is 7.27. The number of hydrogen-bond acceptors (Lipinski definition) is 4. The van der Waals surface area contributed by atoms with E-state index in [9.17, 15) is 13.5 Å². The number of hydrogen-bond donors (Lipinski definition) is 1. The first kappa shape index (κ1) is 17.7. The molecule has 1 aromatic rings. The Morgan fingerprint density at radius 2 is 1.86 bits per heavy atom. The molecule has 1 aromatic carbocycles. The van der Waals surface area contributed by atoms with Crippen LogP contribution in [0.15, 0.2) is 24.3 Å². The summed E-state index contributed by atoms with van der Waals surface area (Å²) in [5, 5.41) is 11.0. The fourth-order valence-electron chi connectivity index (χ4n) is 2.83. The fraction of sp³-hybridized carbons (Fsp3) is 0.600. The van der Waals surface area contributed by atoms with Crippen molar-refractivity contribution in [2.75, 3.05) is 32.9 Å². The van der Waals surface area contributed by atoms with Crippen LogP contribution in [0.2, 0.25) is 5.02 Å². The van der Waals surface area contributed by atoms with Gasteiger partial charge in [-0.1, -0.05) is 23.7 Å². The van der Waals surface area contributed by atoms with E-state index < -0.39 is 16.1 Å². The van der Waals surface area contributed by atoms with Gasteiger partial charge in [0.25, 0.3) is 0 Å². The molecule has 22 heavy (non-hydrogen) atoms. The van der Waals surface area contributed by atoms with Gasteiger partial charge in [0.2, 0.25) is 10.0 Å². The lowest BCUT2D eigenvalue weighted by molar-refractivity contribution is 0.0860. The highest BCUT2D eigenvalue weighted by Gasteiger charge is 2.27. The van der Waals surface area contributed by atoms with Gasteiger partial charge in [0, 0.05) is 30.7 Å². The smallest absolute Gasteiger partial charge is 0.211 e. The number of halogens is 1. The number of piperidine rings is 1. The number of likely N-dealkylation sites (N-methyl/N-ethyl adjacent to an activating group) is 1. The highest BCUT2D eigenvalue weighted by atomic mass is 35.5. The Morgan fingerprint density at radius 1 is 1.32 bits per heavy atom. The molecule has 124 valence electrons. The standard InChI is InChI=1S/C15H23ClN2O3S/c1-17(11-15(19)12-3-5-13(16)6-4-12)14-7-9-18(10-8-14)22(2,20)21/h3-6,14-15,19H,7-11H2,1-2H3. The number of sulfonamides is 1. The van der Waals surface area contributed by atoms with Crippen LogP contribution in [0.3, 0.4) is 0 Å². The minimum Gasteiger partial charge on any atom is -0.387 e. The zero-order valence-corrected chi connectivity index (χ0v) is 14.5. The molecule has 0 spiro atoms. The van der Waals surface area contributed by atoms with E-state index in [4.69, 9.17) is 11.6 Å². The van der Waals surface area contributed by atoms with Gasteiger partial charge >= 0.3 is 0 Å². The molecule has 1 saturated heterocycles. The predicted octanol–water partition coefficient (Wildman–Crippen LogP) is 1.73. The van der Waals surface area contributed by atoms with E-state index in [1.165, 1.54) is 10.6 Å². The van der Waals surface area contributed by atoms with Gasteiger partial charge in [-0.2, -0.15) is 0 Å². The monoisotopic (exact) mass is 346 g/mol. The summed E-state index contributed by atoms with van der Waals surface area (Å²) < 4.78 is 24.6. The van der Waals surface area contributed by atoms with Crippen LogP contribution in [0, 0.1) is 0 Å². The van der Waals surface area contributed by atoms with E-state index >= 15 is 0 Å². The van der Waals surface area contributed by atoms with Crippen LogP contribution in [0.5, 0.6) is 0 Å². The number of nitrogens with zero attached hydrogens (tertiary/aromatic N) is 2. The van der Waals surface area contributed by atoms with Crippen LogP contribution in [-0.4, -0.2) is 61.7 Å². The topological polar surface area (TPSA) is 60.9 Å². The molecule has 1 fully saturated rings. The Bertz CT molecular complexity index is 583. The summed E-state index contributed by atoms with van der Waals surface area (Å²) in [6, 6.07) is 7.48. The van der Waals surface area contributed by atoms with Crippen LogP contribution in [0.1, 0.15) is 24.5 Å². The van der Waals surface area contributed by atoms with Crippen molar-refractivity contribution in [1.29, 1.82) is 0 Å². The van der Waals surface area contributed by atoms with Gasteiger partial charge in [0.15, 0.2) is 0 Å². The van der Waals surface area contributed by atoms with E-state index in [1.54, 1.807) is 12.1 Å². The molecule has 0 aliphatic carbocycles. The van der Waals surface area contributed by atoms with Crippen LogP contribution in [0.25, 0.3) is 0 Å². The van der Waals surface area contributed by atoms with Crippen molar-refractivity contribution in [3.63, 3.8) is 0 Å². The van der Waals surface area contributed by atoms with Crippen molar-refractivity contribution in [2.45, 2.75) is 25.0 Å². The predicted molar refractivity (Wildman–Crippen MR) is 88.5 cm³/mol. The molecule has 1 atom stereocenters. The summed E-state index contributed by atoms with van der Waals surface area (Å²) in [4.78, 5) is 2.11. The van der Waals surface area contributed by atoms with Gasteiger partial charge in [0.1, 0.15) is 0 Å². The van der Waals surface area contributed by atoms with Crippen LogP contribution in [0.4, 0.5) is 0 Å². The quantitative estimate of drug-likeness (QED) is 0.882. The molecular weight excluding hydrogens is 324 g/mol. The molecule has 2 rings (SSSR count). The Morgan fingerprint density at radius 3 is 2.36 bits per heavy atom. The third-order valence-corrected chi connectivity index (χ3v) is 5.79. The summed E-state index contributed by atoms with van der Waals surface area (Å²) in [5.74, 6) is 0. The van der Waals surface area contributed by atoms with E-state index in [0.29, 0.717) is 30.7 Å². The first-order chi connectivity index (χ1) is 10.3. The van der Waals surface area contributed by atoms with Gasteiger partial charge in [-0.05, 0) is 37.6 Å². The molecule has 0 aromatic heterocycles. The number of benzene rings is 1. The van der Waals surface area contributed by atoms with Crippen molar-refractivity contribution < 1.29 is 13.5 Å². The van der Waals surface area contributed by atoms with Gasteiger partial charge in [-0.15, -0.1) is 0 Å². The molecule has 0 radical (unpaired) electrons. The van der Waals surface area contributed by atoms with Crippen molar-refractivity contribution in [3.05, 3.63) is 34.9 Å². The van der Waals surface area contributed by atoms with Crippen LogP contribution < -0.4 is 0 Å². The van der Waals surface area contributed by atoms with Crippen LogP contribution in [-0.2, 0) is 10.0 Å². The third kappa shape index (κ3) is 4.67. The average molecular weight is 347 g/mol. The molecule has 0 saturated carbocycles. The lowest BCUT2D eigenvalue weighted by atomic mass is 10.0. The lowest BCUT2D eigenvalue weighted by Crippen LogP contribution is -2.46. The highest BCUT2D eigenvalue weighted by Crippen LogP contribution is 2.21. The van der Waals surface area contributed by atoms with Gasteiger partial charge in [0.05, 0.1) is 12.4 Å². The normalized spacial score (nSPS) is 19.5. The molecule has 7 heteroatoms. The molecule has 5 nitrogen and oxygen atoms in total. The van der Waals surface area contributed by atoms with Crippen molar-refractivity contribution in [3.8, 4) is 0 Å². The summed E-state index contributed by atoms with van der Waals surface area (Å²) in [7, 11) is -1.12. The summed E-state index contributed by atoms with van der Waals surface area (Å²) in [6.07, 6.45) is 2.25. The highest BCUT2D eigenvalue weighted by molar-refractivity contribution is 7.88. The summed E-state index contributed by atoms with van der Waals surface area (Å²) in [6.45, 7) is 1.61. The Balaban J connectivity index is 1.88. The van der Waals surface area contributed by atoms with Crippen molar-refractivity contribution in [1.82, 2.24) is 9.21 Å². The molecule has 1 heterocycles. The Hall–Kier alpha value is -0.660. The maximum absolute atomic E-state index is 11.5. The molecule has 0 bridgehead atoms.